The Bertz CT molecular complexity index is 371. The zero-order chi connectivity index (χ0) is 10.6. The highest BCUT2D eigenvalue weighted by molar-refractivity contribution is 6.33. The van der Waals surface area contributed by atoms with Crippen LogP contribution in [0.1, 0.15) is 5.56 Å². The molecule has 4 heteroatoms. The van der Waals surface area contributed by atoms with Gasteiger partial charge in [-0.1, -0.05) is 11.6 Å². The number of nitriles is 1. The Morgan fingerprint density at radius 1 is 1.29 bits per heavy atom. The van der Waals surface area contributed by atoms with Gasteiger partial charge in [-0.2, -0.15) is 5.26 Å². The van der Waals surface area contributed by atoms with Crippen molar-refractivity contribution < 1.29 is 9.47 Å². The summed E-state index contributed by atoms with van der Waals surface area (Å²) in [5.41, 5.74) is 0.663. The lowest BCUT2D eigenvalue weighted by atomic mass is 10.1. The van der Waals surface area contributed by atoms with Gasteiger partial charge in [-0.3, -0.25) is 0 Å². The topological polar surface area (TPSA) is 42.2 Å². The summed E-state index contributed by atoms with van der Waals surface area (Å²) in [4.78, 5) is 0. The first kappa shape index (κ1) is 10.7. The Morgan fingerprint density at radius 2 is 1.86 bits per heavy atom. The lowest BCUT2D eigenvalue weighted by Gasteiger charge is -2.10. The van der Waals surface area contributed by atoms with E-state index in [1.165, 1.54) is 7.11 Å². The molecule has 0 unspecified atom stereocenters. The molecule has 0 N–H and O–H groups in total. The first-order valence-electron chi connectivity index (χ1n) is 4.01. The van der Waals surface area contributed by atoms with Gasteiger partial charge in [0.2, 0.25) is 0 Å². The van der Waals surface area contributed by atoms with Crippen LogP contribution in [0.25, 0.3) is 0 Å². The van der Waals surface area contributed by atoms with Crippen molar-refractivity contribution in [1.82, 2.24) is 0 Å². The van der Waals surface area contributed by atoms with E-state index in [2.05, 4.69) is 0 Å². The first-order chi connectivity index (χ1) is 6.74. The Labute approximate surface area is 87.8 Å². The minimum Gasteiger partial charge on any atom is -0.496 e. The molecule has 0 saturated carbocycles. The second kappa shape index (κ2) is 4.73. The largest absolute Gasteiger partial charge is 0.496 e. The molecule has 3 nitrogen and oxygen atoms in total. The van der Waals surface area contributed by atoms with Crippen molar-refractivity contribution >= 4 is 11.6 Å². The smallest absolute Gasteiger partial charge is 0.138 e. The summed E-state index contributed by atoms with van der Waals surface area (Å²) >= 11 is 6.02. The highest BCUT2D eigenvalue weighted by Gasteiger charge is 2.12. The van der Waals surface area contributed by atoms with Gasteiger partial charge < -0.3 is 9.47 Å². The summed E-state index contributed by atoms with van der Waals surface area (Å²) in [7, 11) is 3.07. The van der Waals surface area contributed by atoms with Gasteiger partial charge in [0, 0.05) is 5.56 Å². The number of ether oxygens (including phenoxy) is 2. The molecule has 0 heterocycles. The van der Waals surface area contributed by atoms with Gasteiger partial charge in [0.25, 0.3) is 0 Å². The Hall–Kier alpha value is -1.40. The third-order valence-electron chi connectivity index (χ3n) is 1.86. The van der Waals surface area contributed by atoms with Crippen molar-refractivity contribution in [2.45, 2.75) is 6.42 Å². The van der Waals surface area contributed by atoms with Crippen LogP contribution in [0.2, 0.25) is 5.02 Å². The van der Waals surface area contributed by atoms with Crippen molar-refractivity contribution in [2.24, 2.45) is 0 Å². The number of rotatable bonds is 3. The summed E-state index contributed by atoms with van der Waals surface area (Å²) in [6.45, 7) is 0. The molecule has 0 bridgehead atoms. The molecule has 0 saturated heterocycles. The maximum atomic E-state index is 8.62. The minimum atomic E-state index is 0.208. The molecule has 0 fully saturated rings. The van der Waals surface area contributed by atoms with Gasteiger partial charge in [0.1, 0.15) is 11.5 Å². The Morgan fingerprint density at radius 3 is 2.36 bits per heavy atom. The van der Waals surface area contributed by atoms with Crippen molar-refractivity contribution in [3.8, 4) is 17.6 Å². The summed E-state index contributed by atoms with van der Waals surface area (Å²) in [5.74, 6) is 1.16. The second-order valence-corrected chi connectivity index (χ2v) is 2.98. The number of hydrogen-bond acceptors (Lipinski definition) is 3. The summed E-state index contributed by atoms with van der Waals surface area (Å²) in [6, 6.07) is 5.47. The molecular formula is C10H10ClNO2. The predicted octanol–water partition coefficient (Wildman–Crippen LogP) is 2.42. The molecule has 0 spiro atoms. The molecule has 0 radical (unpaired) electrons. The fraction of sp³-hybridized carbons (Fsp3) is 0.300. The predicted molar refractivity (Wildman–Crippen MR) is 53.9 cm³/mol. The van der Waals surface area contributed by atoms with Gasteiger partial charge >= 0.3 is 0 Å². The van der Waals surface area contributed by atoms with Gasteiger partial charge in [-0.25, -0.2) is 0 Å². The zero-order valence-electron chi connectivity index (χ0n) is 8.00. The maximum absolute atomic E-state index is 8.62. The summed E-state index contributed by atoms with van der Waals surface area (Å²) < 4.78 is 10.1. The van der Waals surface area contributed by atoms with E-state index in [0.717, 1.165) is 0 Å². The molecule has 14 heavy (non-hydrogen) atoms. The van der Waals surface area contributed by atoms with Crippen LogP contribution in [0.5, 0.6) is 11.5 Å². The van der Waals surface area contributed by atoms with Crippen molar-refractivity contribution in [3.63, 3.8) is 0 Å². The highest BCUT2D eigenvalue weighted by Crippen LogP contribution is 2.34. The number of halogens is 1. The molecule has 74 valence electrons. The average Bonchev–Trinajstić information content (AvgIpc) is 2.21. The van der Waals surface area contributed by atoms with Crippen LogP contribution >= 0.6 is 11.6 Å². The fourth-order valence-corrected chi connectivity index (χ4v) is 1.47. The highest BCUT2D eigenvalue weighted by atomic mass is 35.5. The first-order valence-corrected chi connectivity index (χ1v) is 4.38. The van der Waals surface area contributed by atoms with Crippen molar-refractivity contribution in [1.29, 1.82) is 5.26 Å². The molecule has 0 aliphatic heterocycles. The van der Waals surface area contributed by atoms with Gasteiger partial charge in [0.05, 0.1) is 31.7 Å². The monoisotopic (exact) mass is 211 g/mol. The molecule has 1 aromatic rings. The van der Waals surface area contributed by atoms with Crippen LogP contribution in [-0.2, 0) is 6.42 Å². The molecule has 1 aromatic carbocycles. The SMILES string of the molecule is COc1ccc(OC)c(CC#N)c1Cl. The van der Waals surface area contributed by atoms with E-state index in [-0.39, 0.29) is 6.42 Å². The van der Waals surface area contributed by atoms with Crippen LogP contribution in [0.4, 0.5) is 0 Å². The van der Waals surface area contributed by atoms with Crippen LogP contribution in [0, 0.1) is 11.3 Å². The maximum Gasteiger partial charge on any atom is 0.138 e. The molecular weight excluding hydrogens is 202 g/mol. The van der Waals surface area contributed by atoms with E-state index in [1.54, 1.807) is 19.2 Å². The third-order valence-corrected chi connectivity index (χ3v) is 2.27. The molecule has 1 rings (SSSR count). The quantitative estimate of drug-likeness (QED) is 0.771. The summed E-state index contributed by atoms with van der Waals surface area (Å²) in [6.07, 6.45) is 0.208. The van der Waals surface area contributed by atoms with E-state index >= 15 is 0 Å². The van der Waals surface area contributed by atoms with Crippen LogP contribution in [0.15, 0.2) is 12.1 Å². The third kappa shape index (κ3) is 1.91. The molecule has 0 aliphatic carbocycles. The zero-order valence-corrected chi connectivity index (χ0v) is 8.76. The Balaban J connectivity index is 3.25. The van der Waals surface area contributed by atoms with E-state index in [1.807, 2.05) is 6.07 Å². The van der Waals surface area contributed by atoms with Crippen molar-refractivity contribution in [3.05, 3.63) is 22.7 Å². The summed E-state index contributed by atoms with van der Waals surface area (Å²) in [5, 5.41) is 9.06. The number of benzene rings is 1. The standard InChI is InChI=1S/C10H10ClNO2/c1-13-8-3-4-9(14-2)10(11)7(8)5-6-12/h3-4H,5H2,1-2H3. The van der Waals surface area contributed by atoms with E-state index < -0.39 is 0 Å². The van der Waals surface area contributed by atoms with Crippen LogP contribution in [0.3, 0.4) is 0 Å². The Kier molecular flexibility index (Phi) is 3.61. The van der Waals surface area contributed by atoms with Crippen LogP contribution in [-0.4, -0.2) is 14.2 Å². The number of nitrogens with zero attached hydrogens (tertiary/aromatic N) is 1. The number of hydrogen-bond donors (Lipinski definition) is 0. The fourth-order valence-electron chi connectivity index (χ4n) is 1.17. The number of methoxy groups -OCH3 is 2. The minimum absolute atomic E-state index is 0.208. The lowest BCUT2D eigenvalue weighted by molar-refractivity contribution is 0.400. The molecule has 0 aromatic heterocycles. The van der Waals surface area contributed by atoms with Crippen LogP contribution < -0.4 is 9.47 Å². The van der Waals surface area contributed by atoms with Gasteiger partial charge in [0.15, 0.2) is 0 Å². The van der Waals surface area contributed by atoms with E-state index in [0.29, 0.717) is 22.1 Å². The molecule has 0 aliphatic rings. The molecule has 0 amide bonds. The van der Waals surface area contributed by atoms with Gasteiger partial charge in [-0.05, 0) is 12.1 Å². The van der Waals surface area contributed by atoms with Gasteiger partial charge in [-0.15, -0.1) is 0 Å². The average molecular weight is 212 g/mol. The van der Waals surface area contributed by atoms with E-state index in [4.69, 9.17) is 26.3 Å². The van der Waals surface area contributed by atoms with E-state index in [9.17, 15) is 0 Å². The van der Waals surface area contributed by atoms with Crippen molar-refractivity contribution in [2.75, 3.05) is 14.2 Å². The second-order valence-electron chi connectivity index (χ2n) is 2.60. The lowest BCUT2D eigenvalue weighted by Crippen LogP contribution is -1.94. The normalized spacial score (nSPS) is 9.29. The molecule has 0 atom stereocenters.